The summed E-state index contributed by atoms with van der Waals surface area (Å²) in [5.74, 6) is 0.421. The molecule has 1 heteroatoms. The summed E-state index contributed by atoms with van der Waals surface area (Å²) in [6.07, 6.45) is 0.995. The molecule has 0 amide bonds. The number of aromatic nitrogens is 1. The van der Waals surface area contributed by atoms with Crippen molar-refractivity contribution in [2.75, 3.05) is 0 Å². The average molecular weight is 734 g/mol. The molecule has 0 bridgehead atoms. The fourth-order valence-corrected chi connectivity index (χ4v) is 10.1. The number of para-hydroxylation sites is 1. The van der Waals surface area contributed by atoms with Gasteiger partial charge in [0.05, 0.1) is 11.0 Å². The van der Waals surface area contributed by atoms with E-state index in [1.807, 2.05) is 0 Å². The van der Waals surface area contributed by atoms with Crippen LogP contribution in [0.1, 0.15) is 76.6 Å². The van der Waals surface area contributed by atoms with E-state index in [1.54, 1.807) is 0 Å². The monoisotopic (exact) mass is 733 g/mol. The van der Waals surface area contributed by atoms with Gasteiger partial charge in [-0.1, -0.05) is 183 Å². The third-order valence-corrected chi connectivity index (χ3v) is 13.0. The maximum Gasteiger partial charge on any atom is 0.0541 e. The van der Waals surface area contributed by atoms with E-state index < -0.39 is 0 Å². The van der Waals surface area contributed by atoms with Crippen LogP contribution in [0, 0.1) is 13.8 Å². The van der Waals surface area contributed by atoms with E-state index in [-0.39, 0.29) is 17.3 Å². The maximum absolute atomic E-state index is 2.56. The molecule has 0 aliphatic heterocycles. The summed E-state index contributed by atoms with van der Waals surface area (Å²) in [5, 5.41) is 2.55. The van der Waals surface area contributed by atoms with Crippen LogP contribution in [0.5, 0.6) is 0 Å². The number of rotatable bonds is 8. The van der Waals surface area contributed by atoms with Gasteiger partial charge >= 0.3 is 0 Å². The predicted octanol–water partition coefficient (Wildman–Crippen LogP) is 14.7. The number of hydrogen-bond acceptors (Lipinski definition) is 0. The number of nitrogens with zero attached hydrogens (tertiary/aromatic N) is 1. The molecule has 0 N–H and O–H groups in total. The molecule has 0 fully saturated rings. The zero-order valence-corrected chi connectivity index (χ0v) is 33.2. The smallest absolute Gasteiger partial charge is 0.0541 e. The van der Waals surface area contributed by atoms with Gasteiger partial charge in [-0.15, -0.1) is 0 Å². The van der Waals surface area contributed by atoms with Gasteiger partial charge in [-0.25, -0.2) is 0 Å². The molecule has 3 atom stereocenters. The Morgan fingerprint density at radius 1 is 0.474 bits per heavy atom. The molecule has 0 spiro atoms. The normalized spacial score (nSPS) is 15.7. The summed E-state index contributed by atoms with van der Waals surface area (Å²) >= 11 is 0. The second-order valence-electron chi connectivity index (χ2n) is 16.2. The van der Waals surface area contributed by atoms with Gasteiger partial charge < -0.3 is 4.57 Å². The van der Waals surface area contributed by atoms with Crippen LogP contribution >= 0.6 is 0 Å². The molecule has 57 heavy (non-hydrogen) atoms. The molecule has 0 saturated heterocycles. The van der Waals surface area contributed by atoms with Gasteiger partial charge in [-0.3, -0.25) is 0 Å². The van der Waals surface area contributed by atoms with Gasteiger partial charge in [0.1, 0.15) is 0 Å². The van der Waals surface area contributed by atoms with Crippen molar-refractivity contribution in [1.82, 2.24) is 4.57 Å². The molecular formula is C56H47N. The molecule has 0 saturated carbocycles. The standard InChI is InChI=1S/C56H47N/c1-5-56(45-16-7-6-8-17-45)51-20-11-9-18-47(51)48-32-28-44(36-52(48)56)55(43-15-13-14-38(3)34-43)39(4)40-24-26-41(27-25-40)42-29-33-54-50(35-42)49-19-10-12-21-53(49)57(54)46-30-22-37(2)23-31-46/h6-36,39,55H,5H2,1-4H3. The maximum atomic E-state index is 2.56. The summed E-state index contributed by atoms with van der Waals surface area (Å²) in [6, 6.07) is 70.8. The lowest BCUT2D eigenvalue weighted by atomic mass is 9.69. The number of aryl methyl sites for hydroxylation is 2. The highest BCUT2D eigenvalue weighted by atomic mass is 15.0. The fraction of sp³-hybridized carbons (Fsp3) is 0.143. The molecule has 3 unspecified atom stereocenters. The van der Waals surface area contributed by atoms with Crippen molar-refractivity contribution >= 4 is 21.8 Å². The Morgan fingerprint density at radius 3 is 1.93 bits per heavy atom. The van der Waals surface area contributed by atoms with Crippen LogP contribution < -0.4 is 0 Å². The molecule has 9 aromatic rings. The summed E-state index contributed by atoms with van der Waals surface area (Å²) in [6.45, 7) is 9.13. The van der Waals surface area contributed by atoms with Crippen LogP contribution in [0.25, 0.3) is 49.7 Å². The minimum absolute atomic E-state index is 0.180. The lowest BCUT2D eigenvalue weighted by Gasteiger charge is -2.33. The van der Waals surface area contributed by atoms with Crippen molar-refractivity contribution in [3.8, 4) is 27.9 Å². The van der Waals surface area contributed by atoms with Crippen LogP contribution in [0.3, 0.4) is 0 Å². The molecule has 1 aliphatic rings. The summed E-state index contributed by atoms with van der Waals surface area (Å²) in [5.41, 5.74) is 19.5. The lowest BCUT2D eigenvalue weighted by Crippen LogP contribution is -2.26. The van der Waals surface area contributed by atoms with Crippen molar-refractivity contribution in [2.24, 2.45) is 0 Å². The highest BCUT2D eigenvalue weighted by molar-refractivity contribution is 6.10. The Morgan fingerprint density at radius 2 is 1.14 bits per heavy atom. The molecule has 1 aromatic heterocycles. The molecule has 1 aliphatic carbocycles. The van der Waals surface area contributed by atoms with Gasteiger partial charge in [0.15, 0.2) is 0 Å². The van der Waals surface area contributed by atoms with E-state index >= 15 is 0 Å². The quantitative estimate of drug-likeness (QED) is 0.147. The first-order chi connectivity index (χ1) is 27.9. The lowest BCUT2D eigenvalue weighted by molar-refractivity contribution is 0.604. The summed E-state index contributed by atoms with van der Waals surface area (Å²) in [4.78, 5) is 0. The average Bonchev–Trinajstić information content (AvgIpc) is 3.74. The highest BCUT2D eigenvalue weighted by Gasteiger charge is 2.43. The SMILES string of the molecule is CCC1(c2ccccc2)c2ccccc2-c2ccc(C(c3cccc(C)c3)C(C)c3ccc(-c4ccc5c(c4)c4ccccc4n5-c4ccc(C)cc4)cc3)cc21. The second-order valence-corrected chi connectivity index (χ2v) is 16.2. The first kappa shape index (κ1) is 35.0. The largest absolute Gasteiger partial charge is 0.309 e. The van der Waals surface area contributed by atoms with E-state index in [0.717, 1.165) is 6.42 Å². The zero-order valence-electron chi connectivity index (χ0n) is 33.2. The van der Waals surface area contributed by atoms with Gasteiger partial charge in [-0.2, -0.15) is 0 Å². The van der Waals surface area contributed by atoms with E-state index in [0.29, 0.717) is 0 Å². The molecular weight excluding hydrogens is 687 g/mol. The molecule has 1 heterocycles. The first-order valence-electron chi connectivity index (χ1n) is 20.5. The van der Waals surface area contributed by atoms with E-state index in [9.17, 15) is 0 Å². The van der Waals surface area contributed by atoms with Crippen LogP contribution in [-0.4, -0.2) is 4.57 Å². The summed E-state index contributed by atoms with van der Waals surface area (Å²) in [7, 11) is 0. The van der Waals surface area contributed by atoms with Crippen molar-refractivity contribution in [1.29, 1.82) is 0 Å². The molecule has 276 valence electrons. The highest BCUT2D eigenvalue weighted by Crippen LogP contribution is 2.55. The molecule has 1 nitrogen and oxygen atoms in total. The first-order valence-corrected chi connectivity index (χ1v) is 20.5. The Hall–Kier alpha value is -6.44. The minimum Gasteiger partial charge on any atom is -0.309 e. The van der Waals surface area contributed by atoms with Gasteiger partial charge in [0.2, 0.25) is 0 Å². The number of fused-ring (bicyclic) bond motifs is 6. The predicted molar refractivity (Wildman–Crippen MR) is 241 cm³/mol. The zero-order chi connectivity index (χ0) is 38.7. The Labute approximate surface area is 336 Å². The summed E-state index contributed by atoms with van der Waals surface area (Å²) < 4.78 is 2.39. The fourth-order valence-electron chi connectivity index (χ4n) is 10.1. The van der Waals surface area contributed by atoms with Crippen LogP contribution in [0.15, 0.2) is 188 Å². The number of hydrogen-bond donors (Lipinski definition) is 0. The van der Waals surface area contributed by atoms with Crippen LogP contribution in [0.4, 0.5) is 0 Å². The number of benzene rings is 8. The van der Waals surface area contributed by atoms with Gasteiger partial charge in [0, 0.05) is 27.8 Å². The van der Waals surface area contributed by atoms with E-state index in [2.05, 4.69) is 220 Å². The van der Waals surface area contributed by atoms with E-state index in [1.165, 1.54) is 94.3 Å². The van der Waals surface area contributed by atoms with E-state index in [4.69, 9.17) is 0 Å². The third kappa shape index (κ3) is 5.67. The van der Waals surface area contributed by atoms with Gasteiger partial charge in [0.25, 0.3) is 0 Å². The topological polar surface area (TPSA) is 4.93 Å². The van der Waals surface area contributed by atoms with Crippen LogP contribution in [-0.2, 0) is 5.41 Å². The van der Waals surface area contributed by atoms with Crippen molar-refractivity contribution < 1.29 is 0 Å². The Bertz CT molecular complexity index is 2910. The molecule has 8 aromatic carbocycles. The Balaban J connectivity index is 1.05. The third-order valence-electron chi connectivity index (χ3n) is 13.0. The second kappa shape index (κ2) is 13.9. The van der Waals surface area contributed by atoms with Crippen molar-refractivity contribution in [2.45, 2.75) is 51.4 Å². The molecule has 0 radical (unpaired) electrons. The molecule has 10 rings (SSSR count). The Kier molecular flexibility index (Phi) is 8.56. The van der Waals surface area contributed by atoms with Crippen LogP contribution in [0.2, 0.25) is 0 Å². The van der Waals surface area contributed by atoms with Gasteiger partial charge in [-0.05, 0) is 112 Å². The van der Waals surface area contributed by atoms with Crippen molar-refractivity contribution in [3.05, 3.63) is 233 Å². The van der Waals surface area contributed by atoms with Crippen molar-refractivity contribution in [3.63, 3.8) is 0 Å². The minimum atomic E-state index is -0.196.